The highest BCUT2D eigenvalue weighted by atomic mass is 16.4. The number of carboxylic acids is 2. The second-order valence-electron chi connectivity index (χ2n) is 8.68. The Balaban J connectivity index is 0.000000225. The molecule has 0 aliphatic heterocycles. The molecule has 0 aromatic carbocycles. The van der Waals surface area contributed by atoms with Crippen molar-refractivity contribution in [3.8, 4) is 0 Å². The fourth-order valence-corrected chi connectivity index (χ4v) is 3.37. The highest BCUT2D eigenvalue weighted by Crippen LogP contribution is 2.28. The van der Waals surface area contributed by atoms with E-state index >= 15 is 0 Å². The number of hydrogen-bond acceptors (Lipinski definition) is 4. The Morgan fingerprint density at radius 3 is 1.23 bits per heavy atom. The third-order valence-corrected chi connectivity index (χ3v) is 5.97. The Morgan fingerprint density at radius 2 is 1.07 bits per heavy atom. The summed E-state index contributed by atoms with van der Waals surface area (Å²) in [6.45, 7) is 4.10. The summed E-state index contributed by atoms with van der Waals surface area (Å²) >= 11 is 0. The number of rotatable bonds is 4. The standard InChI is InChI=1S/2C8H10O2.C8H16O2/c2*1-8(7(9)10)5-3-2-4-6-8;9-5-7-1-2-8(6-10)4-3-7/h2*2-5H,6H2,1H3,(H,9,10);7-10H,1-6H2. The van der Waals surface area contributed by atoms with Gasteiger partial charge in [-0.1, -0.05) is 48.6 Å². The van der Waals surface area contributed by atoms with Gasteiger partial charge in [0.2, 0.25) is 0 Å². The SMILES string of the molecule is CC1(C(=O)O)C=CC=CC1.CC1(C(=O)O)C=CC=CC1.OCC1CCC(CO)CC1. The third-order valence-electron chi connectivity index (χ3n) is 5.97. The van der Waals surface area contributed by atoms with Crippen LogP contribution in [-0.4, -0.2) is 45.6 Å². The van der Waals surface area contributed by atoms with Crippen LogP contribution in [0, 0.1) is 22.7 Å². The summed E-state index contributed by atoms with van der Waals surface area (Å²) in [5, 5.41) is 35.0. The molecule has 4 N–H and O–H groups in total. The van der Waals surface area contributed by atoms with Gasteiger partial charge in [0.05, 0.1) is 10.8 Å². The van der Waals surface area contributed by atoms with Crippen molar-refractivity contribution in [2.24, 2.45) is 22.7 Å². The predicted molar refractivity (Wildman–Crippen MR) is 117 cm³/mol. The van der Waals surface area contributed by atoms with Gasteiger partial charge in [-0.15, -0.1) is 0 Å². The minimum atomic E-state index is -0.756. The third kappa shape index (κ3) is 8.28. The van der Waals surface area contributed by atoms with E-state index in [4.69, 9.17) is 20.4 Å². The first-order chi connectivity index (χ1) is 14.2. The average Bonchev–Trinajstić information content (AvgIpc) is 2.75. The number of carboxylic acid groups (broad SMARTS) is 2. The van der Waals surface area contributed by atoms with Crippen molar-refractivity contribution < 1.29 is 30.0 Å². The van der Waals surface area contributed by atoms with Crippen LogP contribution in [0.1, 0.15) is 52.4 Å². The molecule has 30 heavy (non-hydrogen) atoms. The van der Waals surface area contributed by atoms with Crippen LogP contribution in [0.2, 0.25) is 0 Å². The van der Waals surface area contributed by atoms with Crippen molar-refractivity contribution in [2.75, 3.05) is 13.2 Å². The molecular formula is C24H36O6. The smallest absolute Gasteiger partial charge is 0.313 e. The minimum Gasteiger partial charge on any atom is -0.481 e. The van der Waals surface area contributed by atoms with Crippen molar-refractivity contribution in [3.63, 3.8) is 0 Å². The quantitative estimate of drug-likeness (QED) is 0.547. The Hall–Kier alpha value is -2.18. The van der Waals surface area contributed by atoms with Crippen LogP contribution < -0.4 is 0 Å². The molecule has 0 bridgehead atoms. The van der Waals surface area contributed by atoms with Gasteiger partial charge in [-0.05, 0) is 64.2 Å². The lowest BCUT2D eigenvalue weighted by atomic mass is 9.83. The van der Waals surface area contributed by atoms with E-state index in [9.17, 15) is 9.59 Å². The van der Waals surface area contributed by atoms with E-state index in [1.807, 2.05) is 24.3 Å². The summed E-state index contributed by atoms with van der Waals surface area (Å²) in [6, 6.07) is 0. The lowest BCUT2D eigenvalue weighted by molar-refractivity contribution is -0.145. The molecule has 3 aliphatic carbocycles. The summed E-state index contributed by atoms with van der Waals surface area (Å²) in [5.74, 6) is -0.480. The number of hydrogen-bond donors (Lipinski definition) is 4. The monoisotopic (exact) mass is 420 g/mol. The van der Waals surface area contributed by atoms with Gasteiger partial charge in [0, 0.05) is 13.2 Å². The van der Waals surface area contributed by atoms with Crippen molar-refractivity contribution in [1.29, 1.82) is 0 Å². The number of aliphatic hydroxyl groups is 2. The number of carbonyl (C=O) groups is 2. The normalized spacial score (nSPS) is 31.7. The molecule has 0 amide bonds. The van der Waals surface area contributed by atoms with E-state index < -0.39 is 22.8 Å². The van der Waals surface area contributed by atoms with E-state index in [0.717, 1.165) is 25.7 Å². The summed E-state index contributed by atoms with van der Waals surface area (Å²) in [4.78, 5) is 21.2. The van der Waals surface area contributed by atoms with E-state index in [0.29, 0.717) is 37.9 Å². The summed E-state index contributed by atoms with van der Waals surface area (Å²) < 4.78 is 0. The number of aliphatic carboxylic acids is 2. The van der Waals surface area contributed by atoms with Gasteiger partial charge in [0.25, 0.3) is 0 Å². The van der Waals surface area contributed by atoms with Gasteiger partial charge in [0.1, 0.15) is 0 Å². The zero-order valence-corrected chi connectivity index (χ0v) is 18.0. The predicted octanol–water partition coefficient (Wildman–Crippen LogP) is 3.96. The molecule has 1 saturated carbocycles. The van der Waals surface area contributed by atoms with Crippen LogP contribution in [0.4, 0.5) is 0 Å². The maximum atomic E-state index is 10.6. The molecule has 0 spiro atoms. The topological polar surface area (TPSA) is 115 Å². The van der Waals surface area contributed by atoms with Crippen LogP contribution in [0.25, 0.3) is 0 Å². The Morgan fingerprint density at radius 1 is 0.733 bits per heavy atom. The first kappa shape index (κ1) is 25.9. The molecule has 0 heterocycles. The van der Waals surface area contributed by atoms with Gasteiger partial charge in [0.15, 0.2) is 0 Å². The summed E-state index contributed by atoms with van der Waals surface area (Å²) in [5.41, 5.74) is -1.34. The molecule has 3 aliphatic rings. The van der Waals surface area contributed by atoms with Crippen molar-refractivity contribution in [1.82, 2.24) is 0 Å². The van der Waals surface area contributed by atoms with Gasteiger partial charge >= 0.3 is 11.9 Å². The molecule has 0 aromatic rings. The highest BCUT2D eigenvalue weighted by molar-refractivity contribution is 5.77. The second kappa shape index (κ2) is 12.5. The number of allylic oxidation sites excluding steroid dienone is 6. The second-order valence-corrected chi connectivity index (χ2v) is 8.68. The molecule has 0 saturated heterocycles. The molecule has 0 aromatic heterocycles. The highest BCUT2D eigenvalue weighted by Gasteiger charge is 2.30. The maximum Gasteiger partial charge on any atom is 0.313 e. The Kier molecular flexibility index (Phi) is 10.8. The van der Waals surface area contributed by atoms with Gasteiger partial charge in [-0.3, -0.25) is 9.59 Å². The zero-order valence-electron chi connectivity index (χ0n) is 18.0. The Labute approximate surface area is 179 Å². The van der Waals surface area contributed by atoms with Crippen LogP contribution >= 0.6 is 0 Å². The average molecular weight is 421 g/mol. The maximum absolute atomic E-state index is 10.6. The molecule has 3 rings (SSSR count). The fraction of sp³-hybridized carbons (Fsp3) is 0.583. The van der Waals surface area contributed by atoms with E-state index in [1.165, 1.54) is 0 Å². The van der Waals surface area contributed by atoms with Gasteiger partial charge in [-0.2, -0.15) is 0 Å². The summed E-state index contributed by atoms with van der Waals surface area (Å²) in [7, 11) is 0. The van der Waals surface area contributed by atoms with Crippen LogP contribution in [0.15, 0.2) is 48.6 Å². The largest absolute Gasteiger partial charge is 0.481 e. The molecule has 2 atom stereocenters. The molecule has 0 radical (unpaired) electrons. The lowest BCUT2D eigenvalue weighted by Gasteiger charge is -2.25. The van der Waals surface area contributed by atoms with Gasteiger partial charge < -0.3 is 20.4 Å². The Bertz CT molecular complexity index is 611. The molecule has 168 valence electrons. The van der Waals surface area contributed by atoms with Crippen molar-refractivity contribution in [3.05, 3.63) is 48.6 Å². The van der Waals surface area contributed by atoms with E-state index in [2.05, 4.69) is 0 Å². The van der Waals surface area contributed by atoms with Crippen molar-refractivity contribution in [2.45, 2.75) is 52.4 Å². The van der Waals surface area contributed by atoms with Crippen LogP contribution in [0.3, 0.4) is 0 Å². The van der Waals surface area contributed by atoms with Crippen LogP contribution in [-0.2, 0) is 9.59 Å². The first-order valence-corrected chi connectivity index (χ1v) is 10.5. The van der Waals surface area contributed by atoms with E-state index in [-0.39, 0.29) is 0 Å². The van der Waals surface area contributed by atoms with Crippen LogP contribution in [0.5, 0.6) is 0 Å². The molecule has 1 fully saturated rings. The zero-order chi connectivity index (χ0) is 22.6. The molecule has 6 heteroatoms. The number of aliphatic hydroxyl groups excluding tert-OH is 2. The molecular weight excluding hydrogens is 384 g/mol. The van der Waals surface area contributed by atoms with Gasteiger partial charge in [-0.25, -0.2) is 0 Å². The molecule has 2 unspecified atom stereocenters. The van der Waals surface area contributed by atoms with Crippen molar-refractivity contribution >= 4 is 11.9 Å². The summed E-state index contributed by atoms with van der Waals surface area (Å²) in [6.07, 6.45) is 20.0. The molecule has 6 nitrogen and oxygen atoms in total. The van der Waals surface area contributed by atoms with E-state index in [1.54, 1.807) is 38.2 Å². The first-order valence-electron chi connectivity index (χ1n) is 10.5. The minimum absolute atomic E-state index is 0.331. The fourth-order valence-electron chi connectivity index (χ4n) is 3.37. The lowest BCUT2D eigenvalue weighted by Crippen LogP contribution is -2.25.